The summed E-state index contributed by atoms with van der Waals surface area (Å²) >= 11 is 0. The Morgan fingerprint density at radius 1 is 0.737 bits per heavy atom. The van der Waals surface area contributed by atoms with E-state index >= 15 is 0 Å². The van der Waals surface area contributed by atoms with Gasteiger partial charge in [-0.2, -0.15) is 0 Å². The molecule has 1 N–H and O–H groups in total. The Hall–Kier alpha value is -0.300. The highest BCUT2D eigenvalue weighted by atomic mass is 16.3. The summed E-state index contributed by atoms with van der Waals surface area (Å²) < 4.78 is 0. The molecule has 1 spiro atoms. The lowest BCUT2D eigenvalue weighted by Gasteiger charge is -2.44. The molecular weight excluding hydrogens is 232 g/mol. The lowest BCUT2D eigenvalue weighted by atomic mass is 9.65. The van der Waals surface area contributed by atoms with Crippen molar-refractivity contribution in [1.29, 1.82) is 0 Å². The summed E-state index contributed by atoms with van der Waals surface area (Å²) in [6, 6.07) is 0. The van der Waals surface area contributed by atoms with Gasteiger partial charge in [0.25, 0.3) is 0 Å². The second-order valence-corrected chi connectivity index (χ2v) is 7.42. The molecule has 3 rings (SSSR count). The molecule has 0 heterocycles. The zero-order valence-corrected chi connectivity index (χ0v) is 12.4. The Labute approximate surface area is 118 Å². The van der Waals surface area contributed by atoms with E-state index in [0.717, 1.165) is 19.3 Å². The van der Waals surface area contributed by atoms with Gasteiger partial charge in [-0.1, -0.05) is 31.8 Å². The summed E-state index contributed by atoms with van der Waals surface area (Å²) in [5, 5.41) is 11.1. The van der Waals surface area contributed by atoms with Crippen LogP contribution in [0.15, 0.2) is 11.6 Å². The van der Waals surface area contributed by atoms with Crippen molar-refractivity contribution in [2.45, 2.75) is 95.5 Å². The lowest BCUT2D eigenvalue weighted by Crippen LogP contribution is -2.39. The molecule has 108 valence electrons. The van der Waals surface area contributed by atoms with Crippen LogP contribution in [0.1, 0.15) is 89.9 Å². The van der Waals surface area contributed by atoms with Crippen LogP contribution in [0.4, 0.5) is 0 Å². The van der Waals surface area contributed by atoms with Gasteiger partial charge >= 0.3 is 0 Å². The highest BCUT2D eigenvalue weighted by Crippen LogP contribution is 2.53. The minimum atomic E-state index is -0.425. The molecule has 3 aliphatic rings. The molecule has 0 aromatic carbocycles. The van der Waals surface area contributed by atoms with Gasteiger partial charge in [-0.15, -0.1) is 0 Å². The van der Waals surface area contributed by atoms with E-state index < -0.39 is 5.60 Å². The van der Waals surface area contributed by atoms with Crippen molar-refractivity contribution in [3.05, 3.63) is 11.6 Å². The second kappa shape index (κ2) is 5.60. The number of rotatable bonds is 1. The standard InChI is InChI=1S/C18H30O/c19-18(16-8-4-2-1-3-5-9-16)14-12-17(13-15-18)10-6-7-11-17/h8,19H,1-7,9-15H2. The van der Waals surface area contributed by atoms with Crippen LogP contribution in [0.5, 0.6) is 0 Å². The van der Waals surface area contributed by atoms with E-state index in [2.05, 4.69) is 6.08 Å². The first kappa shape index (κ1) is 13.7. The van der Waals surface area contributed by atoms with E-state index in [4.69, 9.17) is 0 Å². The molecule has 0 bridgehead atoms. The SMILES string of the molecule is OC1(C2=CCCCCCC2)CCC2(CCCC2)CC1. The maximum absolute atomic E-state index is 11.1. The van der Waals surface area contributed by atoms with E-state index in [1.165, 1.54) is 76.2 Å². The first-order valence-corrected chi connectivity index (χ1v) is 8.65. The third kappa shape index (κ3) is 2.91. The maximum Gasteiger partial charge on any atom is 0.0857 e. The molecule has 0 radical (unpaired) electrons. The van der Waals surface area contributed by atoms with Crippen molar-refractivity contribution in [3.8, 4) is 0 Å². The summed E-state index contributed by atoms with van der Waals surface area (Å²) in [6.45, 7) is 0. The van der Waals surface area contributed by atoms with Crippen molar-refractivity contribution in [2.24, 2.45) is 5.41 Å². The van der Waals surface area contributed by atoms with Crippen LogP contribution in [0, 0.1) is 5.41 Å². The van der Waals surface area contributed by atoms with Gasteiger partial charge < -0.3 is 5.11 Å². The smallest absolute Gasteiger partial charge is 0.0857 e. The molecule has 0 aliphatic heterocycles. The molecule has 0 aromatic rings. The van der Waals surface area contributed by atoms with Crippen molar-refractivity contribution in [1.82, 2.24) is 0 Å². The van der Waals surface area contributed by atoms with Crippen LogP contribution < -0.4 is 0 Å². The van der Waals surface area contributed by atoms with Gasteiger partial charge in [0.05, 0.1) is 5.60 Å². The van der Waals surface area contributed by atoms with E-state index in [1.807, 2.05) is 0 Å². The fourth-order valence-electron chi connectivity index (χ4n) is 4.75. The number of hydrogen-bond donors (Lipinski definition) is 1. The van der Waals surface area contributed by atoms with Gasteiger partial charge in [-0.05, 0) is 75.2 Å². The average molecular weight is 262 g/mol. The normalized spacial score (nSPS) is 30.7. The Morgan fingerprint density at radius 2 is 1.42 bits per heavy atom. The molecule has 2 saturated carbocycles. The van der Waals surface area contributed by atoms with Gasteiger partial charge in [0.2, 0.25) is 0 Å². The van der Waals surface area contributed by atoms with E-state index in [0.29, 0.717) is 5.41 Å². The molecule has 2 fully saturated rings. The highest BCUT2D eigenvalue weighted by Gasteiger charge is 2.44. The molecule has 1 heteroatoms. The molecule has 0 atom stereocenters. The van der Waals surface area contributed by atoms with Crippen molar-refractivity contribution >= 4 is 0 Å². The molecule has 1 nitrogen and oxygen atoms in total. The first-order valence-electron chi connectivity index (χ1n) is 8.65. The van der Waals surface area contributed by atoms with Gasteiger partial charge in [0.15, 0.2) is 0 Å². The van der Waals surface area contributed by atoms with Crippen molar-refractivity contribution < 1.29 is 5.11 Å². The van der Waals surface area contributed by atoms with E-state index in [-0.39, 0.29) is 0 Å². The predicted octanol–water partition coefficient (Wildman–Crippen LogP) is 5.13. The topological polar surface area (TPSA) is 20.2 Å². The zero-order chi connectivity index (χ0) is 13.2. The van der Waals surface area contributed by atoms with Crippen LogP contribution in [-0.4, -0.2) is 10.7 Å². The van der Waals surface area contributed by atoms with E-state index in [1.54, 1.807) is 0 Å². The maximum atomic E-state index is 11.1. The third-order valence-electron chi connectivity index (χ3n) is 6.19. The molecular formula is C18H30O. The zero-order valence-electron chi connectivity index (χ0n) is 12.4. The summed E-state index contributed by atoms with van der Waals surface area (Å²) in [5.74, 6) is 0. The minimum absolute atomic E-state index is 0.425. The number of aliphatic hydroxyl groups is 1. The fraction of sp³-hybridized carbons (Fsp3) is 0.889. The van der Waals surface area contributed by atoms with Crippen LogP contribution in [0.2, 0.25) is 0 Å². The summed E-state index contributed by atoms with van der Waals surface area (Å²) in [4.78, 5) is 0. The molecule has 0 unspecified atom stereocenters. The Balaban J connectivity index is 1.66. The van der Waals surface area contributed by atoms with E-state index in [9.17, 15) is 5.11 Å². The molecule has 0 aromatic heterocycles. The van der Waals surface area contributed by atoms with Gasteiger partial charge in [-0.25, -0.2) is 0 Å². The second-order valence-electron chi connectivity index (χ2n) is 7.42. The van der Waals surface area contributed by atoms with Crippen LogP contribution in [-0.2, 0) is 0 Å². The highest BCUT2D eigenvalue weighted by molar-refractivity contribution is 5.19. The fourth-order valence-corrected chi connectivity index (χ4v) is 4.75. The van der Waals surface area contributed by atoms with Gasteiger partial charge in [0, 0.05) is 0 Å². The van der Waals surface area contributed by atoms with Crippen LogP contribution in [0.3, 0.4) is 0 Å². The minimum Gasteiger partial charge on any atom is -0.386 e. The summed E-state index contributed by atoms with van der Waals surface area (Å²) in [6.07, 6.45) is 20.5. The quantitative estimate of drug-likeness (QED) is 0.649. The van der Waals surface area contributed by atoms with Crippen LogP contribution >= 0.6 is 0 Å². The lowest BCUT2D eigenvalue weighted by molar-refractivity contribution is -0.00651. The molecule has 19 heavy (non-hydrogen) atoms. The van der Waals surface area contributed by atoms with Gasteiger partial charge in [-0.3, -0.25) is 0 Å². The van der Waals surface area contributed by atoms with Crippen molar-refractivity contribution in [2.75, 3.05) is 0 Å². The largest absolute Gasteiger partial charge is 0.386 e. The number of allylic oxidation sites excluding steroid dienone is 1. The molecule has 0 amide bonds. The molecule has 3 aliphatic carbocycles. The Morgan fingerprint density at radius 3 is 2.16 bits per heavy atom. The van der Waals surface area contributed by atoms with Crippen molar-refractivity contribution in [3.63, 3.8) is 0 Å². The monoisotopic (exact) mass is 262 g/mol. The molecule has 0 saturated heterocycles. The third-order valence-corrected chi connectivity index (χ3v) is 6.19. The predicted molar refractivity (Wildman–Crippen MR) is 80.1 cm³/mol. The Bertz CT molecular complexity index is 326. The van der Waals surface area contributed by atoms with Gasteiger partial charge in [0.1, 0.15) is 0 Å². The Kier molecular flexibility index (Phi) is 4.03. The first-order chi connectivity index (χ1) is 9.23. The average Bonchev–Trinajstić information content (AvgIpc) is 2.82. The summed E-state index contributed by atoms with van der Waals surface area (Å²) in [7, 11) is 0. The van der Waals surface area contributed by atoms with Crippen LogP contribution in [0.25, 0.3) is 0 Å². The summed E-state index contributed by atoms with van der Waals surface area (Å²) in [5.41, 5.74) is 1.61. The number of hydrogen-bond acceptors (Lipinski definition) is 1.